The minimum atomic E-state index is 0.398. The van der Waals surface area contributed by atoms with Gasteiger partial charge in [0.05, 0.1) is 5.69 Å². The molecule has 0 aliphatic carbocycles. The maximum atomic E-state index is 8.72. The molecule has 0 radical (unpaired) electrons. The van der Waals surface area contributed by atoms with Crippen LogP contribution in [-0.2, 0) is 0 Å². The number of rotatable bonds is 2. The Morgan fingerprint density at radius 3 is 2.88 bits per heavy atom. The Kier molecular flexibility index (Phi) is 2.84. The number of pyridine rings is 1. The summed E-state index contributed by atoms with van der Waals surface area (Å²) in [5.41, 5.74) is 2.26. The van der Waals surface area contributed by atoms with E-state index in [-0.39, 0.29) is 0 Å². The third-order valence-corrected chi connectivity index (χ3v) is 3.14. The fourth-order valence-electron chi connectivity index (χ4n) is 1.22. The zero-order valence-corrected chi connectivity index (χ0v) is 9.80. The number of aromatic nitrogens is 2. The van der Waals surface area contributed by atoms with Crippen LogP contribution >= 0.6 is 11.3 Å². The summed E-state index contributed by atoms with van der Waals surface area (Å²) in [6.07, 6.45) is 1.61. The minimum absolute atomic E-state index is 0.398. The van der Waals surface area contributed by atoms with Gasteiger partial charge in [-0.3, -0.25) is 0 Å². The third-order valence-electron chi connectivity index (χ3n) is 2.15. The minimum Gasteiger partial charge on any atom is -0.331 e. The predicted octanol–water partition coefficient (Wildman–Crippen LogP) is 2.77. The highest BCUT2D eigenvalue weighted by Crippen LogP contribution is 2.24. The fraction of sp³-hybridized carbons (Fsp3) is 0.182. The van der Waals surface area contributed by atoms with Crippen LogP contribution in [0.4, 0.5) is 10.8 Å². The quantitative estimate of drug-likeness (QED) is 0.861. The normalized spacial score (nSPS) is 9.81. The molecule has 4 nitrogen and oxygen atoms in total. The molecule has 80 valence electrons. The lowest BCUT2D eigenvalue weighted by molar-refractivity contribution is 1.22. The van der Waals surface area contributed by atoms with Gasteiger partial charge >= 0.3 is 0 Å². The summed E-state index contributed by atoms with van der Waals surface area (Å²) in [6.45, 7) is 4.01. The Hall–Kier alpha value is -1.93. The van der Waals surface area contributed by atoms with E-state index in [9.17, 15) is 0 Å². The molecule has 0 saturated carbocycles. The zero-order chi connectivity index (χ0) is 11.5. The standard InChI is InChI=1S/C11H10N4S/c1-7-8(2)16-11(14-7)15-9-3-4-13-10(5-9)6-12/h3-5H,1-2H3,(H,13,14,15). The maximum Gasteiger partial charge on any atom is 0.187 e. The lowest BCUT2D eigenvalue weighted by Gasteiger charge is -2.01. The van der Waals surface area contributed by atoms with Gasteiger partial charge in [0.1, 0.15) is 11.8 Å². The van der Waals surface area contributed by atoms with E-state index >= 15 is 0 Å². The Balaban J connectivity index is 2.24. The number of thiazole rings is 1. The molecule has 0 aliphatic heterocycles. The molecule has 0 aliphatic rings. The van der Waals surface area contributed by atoms with Crippen LogP contribution in [0.5, 0.6) is 0 Å². The smallest absolute Gasteiger partial charge is 0.187 e. The van der Waals surface area contributed by atoms with Gasteiger partial charge in [0.25, 0.3) is 0 Å². The summed E-state index contributed by atoms with van der Waals surface area (Å²) in [4.78, 5) is 9.46. The van der Waals surface area contributed by atoms with E-state index < -0.39 is 0 Å². The third kappa shape index (κ3) is 2.18. The first kappa shape index (κ1) is 10.6. The lowest BCUT2D eigenvalue weighted by atomic mass is 10.3. The molecule has 16 heavy (non-hydrogen) atoms. The van der Waals surface area contributed by atoms with E-state index in [1.807, 2.05) is 26.0 Å². The van der Waals surface area contributed by atoms with Gasteiger partial charge in [0, 0.05) is 16.8 Å². The number of anilines is 2. The monoisotopic (exact) mass is 230 g/mol. The Bertz CT molecular complexity index is 534. The van der Waals surface area contributed by atoms with Crippen LogP contribution in [0.25, 0.3) is 0 Å². The van der Waals surface area contributed by atoms with Crippen molar-refractivity contribution in [1.29, 1.82) is 5.26 Å². The molecule has 2 heterocycles. The SMILES string of the molecule is Cc1nc(Nc2ccnc(C#N)c2)sc1C. The first-order valence-electron chi connectivity index (χ1n) is 4.76. The summed E-state index contributed by atoms with van der Waals surface area (Å²) in [5, 5.41) is 12.7. The van der Waals surface area contributed by atoms with Crippen molar-refractivity contribution in [1.82, 2.24) is 9.97 Å². The topological polar surface area (TPSA) is 61.6 Å². The van der Waals surface area contributed by atoms with E-state index in [2.05, 4.69) is 15.3 Å². The number of nitrogens with one attached hydrogen (secondary N) is 1. The summed E-state index contributed by atoms with van der Waals surface area (Å²) >= 11 is 1.60. The van der Waals surface area contributed by atoms with Crippen molar-refractivity contribution in [3.05, 3.63) is 34.6 Å². The van der Waals surface area contributed by atoms with Crippen LogP contribution in [0.2, 0.25) is 0 Å². The number of hydrogen-bond donors (Lipinski definition) is 1. The van der Waals surface area contributed by atoms with E-state index in [1.165, 1.54) is 4.88 Å². The molecule has 0 saturated heterocycles. The van der Waals surface area contributed by atoms with Gasteiger partial charge in [-0.2, -0.15) is 5.26 Å². The zero-order valence-electron chi connectivity index (χ0n) is 8.98. The largest absolute Gasteiger partial charge is 0.331 e. The Labute approximate surface area is 97.6 Å². The first-order valence-corrected chi connectivity index (χ1v) is 5.58. The maximum absolute atomic E-state index is 8.72. The van der Waals surface area contributed by atoms with Gasteiger partial charge in [-0.15, -0.1) is 11.3 Å². The molecule has 5 heteroatoms. The second kappa shape index (κ2) is 4.29. The van der Waals surface area contributed by atoms with Gasteiger partial charge in [-0.25, -0.2) is 9.97 Å². The van der Waals surface area contributed by atoms with Gasteiger partial charge in [0.15, 0.2) is 5.13 Å². The van der Waals surface area contributed by atoms with Crippen LogP contribution in [0, 0.1) is 25.2 Å². The summed E-state index contributed by atoms with van der Waals surface area (Å²) in [6, 6.07) is 5.51. The highest BCUT2D eigenvalue weighted by Gasteiger charge is 2.04. The molecular weight excluding hydrogens is 220 g/mol. The molecule has 0 aromatic carbocycles. The van der Waals surface area contributed by atoms with E-state index in [4.69, 9.17) is 5.26 Å². The van der Waals surface area contributed by atoms with Crippen molar-refractivity contribution < 1.29 is 0 Å². The average molecular weight is 230 g/mol. The number of nitriles is 1. The highest BCUT2D eigenvalue weighted by atomic mass is 32.1. The molecule has 0 fully saturated rings. The molecule has 0 atom stereocenters. The molecule has 0 bridgehead atoms. The van der Waals surface area contributed by atoms with Gasteiger partial charge in [-0.05, 0) is 26.0 Å². The Morgan fingerprint density at radius 2 is 2.25 bits per heavy atom. The van der Waals surface area contributed by atoms with Crippen molar-refractivity contribution >= 4 is 22.2 Å². The van der Waals surface area contributed by atoms with E-state index in [1.54, 1.807) is 23.6 Å². The lowest BCUT2D eigenvalue weighted by Crippen LogP contribution is -1.91. The Morgan fingerprint density at radius 1 is 1.44 bits per heavy atom. The van der Waals surface area contributed by atoms with Crippen molar-refractivity contribution in [2.75, 3.05) is 5.32 Å². The molecule has 2 rings (SSSR count). The number of aryl methyl sites for hydroxylation is 2. The first-order chi connectivity index (χ1) is 7.69. The van der Waals surface area contributed by atoms with E-state index in [0.717, 1.165) is 16.5 Å². The molecule has 0 unspecified atom stereocenters. The van der Waals surface area contributed by atoms with Crippen LogP contribution in [0.15, 0.2) is 18.3 Å². The van der Waals surface area contributed by atoms with Gasteiger partial charge in [0.2, 0.25) is 0 Å². The van der Waals surface area contributed by atoms with Gasteiger partial charge < -0.3 is 5.32 Å². The van der Waals surface area contributed by atoms with E-state index in [0.29, 0.717) is 5.69 Å². The highest BCUT2D eigenvalue weighted by molar-refractivity contribution is 7.15. The van der Waals surface area contributed by atoms with Gasteiger partial charge in [-0.1, -0.05) is 0 Å². The average Bonchev–Trinajstić information content (AvgIpc) is 2.58. The van der Waals surface area contributed by atoms with Crippen molar-refractivity contribution in [2.24, 2.45) is 0 Å². The second-order valence-corrected chi connectivity index (χ2v) is 4.53. The summed E-state index contributed by atoms with van der Waals surface area (Å²) in [5.74, 6) is 0. The van der Waals surface area contributed by atoms with Crippen LogP contribution < -0.4 is 5.32 Å². The van der Waals surface area contributed by atoms with Crippen LogP contribution in [-0.4, -0.2) is 9.97 Å². The summed E-state index contributed by atoms with van der Waals surface area (Å²) in [7, 11) is 0. The van der Waals surface area contributed by atoms with Crippen molar-refractivity contribution in [3.63, 3.8) is 0 Å². The fourth-order valence-corrected chi connectivity index (χ4v) is 2.05. The van der Waals surface area contributed by atoms with Crippen LogP contribution in [0.1, 0.15) is 16.3 Å². The molecule has 1 N–H and O–H groups in total. The summed E-state index contributed by atoms with van der Waals surface area (Å²) < 4.78 is 0. The molecule has 0 amide bonds. The molecule has 2 aromatic rings. The van der Waals surface area contributed by atoms with Crippen molar-refractivity contribution in [2.45, 2.75) is 13.8 Å². The molecule has 2 aromatic heterocycles. The molecular formula is C11H10N4S. The van der Waals surface area contributed by atoms with Crippen molar-refractivity contribution in [3.8, 4) is 6.07 Å². The number of nitrogens with zero attached hydrogens (tertiary/aromatic N) is 3. The second-order valence-electron chi connectivity index (χ2n) is 3.33. The van der Waals surface area contributed by atoms with Crippen LogP contribution in [0.3, 0.4) is 0 Å². The number of hydrogen-bond acceptors (Lipinski definition) is 5. The molecule has 0 spiro atoms. The predicted molar refractivity (Wildman–Crippen MR) is 63.8 cm³/mol.